The first kappa shape index (κ1) is 26.0. The number of carbonyl (C=O) groups excluding carboxylic acids is 2. The summed E-state index contributed by atoms with van der Waals surface area (Å²) in [5, 5.41) is 0.569. The molecule has 1 aromatic heterocycles. The largest absolute Gasteiger partial charge is 0.497 e. The quantitative estimate of drug-likeness (QED) is 0.115. The van der Waals surface area contributed by atoms with E-state index in [-0.39, 0.29) is 22.9 Å². The Bertz CT molecular complexity index is 2020. The second-order valence-corrected chi connectivity index (χ2v) is 10.0. The van der Waals surface area contributed by atoms with Crippen molar-refractivity contribution < 1.29 is 28.2 Å². The Hall–Kier alpha value is -5.88. The Labute approximate surface area is 247 Å². The average Bonchev–Trinajstić information content (AvgIpc) is 3.59. The van der Waals surface area contributed by atoms with E-state index in [4.69, 9.17) is 18.6 Å². The Kier molecular flexibility index (Phi) is 6.56. The summed E-state index contributed by atoms with van der Waals surface area (Å²) in [4.78, 5) is 26.7. The number of Topliss-reactive ketones (excluding diaryl/α,β-unsaturated/α-hetero) is 1. The summed E-state index contributed by atoms with van der Waals surface area (Å²) in [5.41, 5.74) is 4.96. The summed E-state index contributed by atoms with van der Waals surface area (Å²) < 4.78 is 23.2. The van der Waals surface area contributed by atoms with E-state index in [0.717, 1.165) is 22.3 Å². The number of furan rings is 1. The molecule has 0 fully saturated rings. The number of methoxy groups -OCH3 is 1. The van der Waals surface area contributed by atoms with Crippen molar-refractivity contribution in [2.24, 2.45) is 0 Å². The summed E-state index contributed by atoms with van der Waals surface area (Å²) >= 11 is 0. The van der Waals surface area contributed by atoms with Crippen molar-refractivity contribution in [3.05, 3.63) is 144 Å². The topological polar surface area (TPSA) is 75.0 Å². The van der Waals surface area contributed by atoms with Crippen LogP contribution in [0.5, 0.6) is 17.2 Å². The highest BCUT2D eigenvalue weighted by Crippen LogP contribution is 2.38. The van der Waals surface area contributed by atoms with Crippen LogP contribution in [0.3, 0.4) is 0 Å². The highest BCUT2D eigenvalue weighted by molar-refractivity contribution is 6.15. The van der Waals surface area contributed by atoms with Gasteiger partial charge in [-0.15, -0.1) is 0 Å². The third kappa shape index (κ3) is 4.96. The molecule has 0 N–H and O–H groups in total. The predicted octanol–water partition coefficient (Wildman–Crippen LogP) is 8.61. The number of rotatable bonds is 6. The van der Waals surface area contributed by atoms with Gasteiger partial charge in [-0.05, 0) is 53.1 Å². The molecule has 0 amide bonds. The Morgan fingerprint density at radius 1 is 0.721 bits per heavy atom. The summed E-state index contributed by atoms with van der Waals surface area (Å²) in [5.74, 6) is 0.894. The van der Waals surface area contributed by atoms with Crippen LogP contribution in [0.25, 0.3) is 39.5 Å². The van der Waals surface area contributed by atoms with Crippen molar-refractivity contribution >= 4 is 28.8 Å². The number of hydrogen-bond donors (Lipinski definition) is 0. The molecule has 0 saturated carbocycles. The van der Waals surface area contributed by atoms with Gasteiger partial charge < -0.3 is 18.6 Å². The van der Waals surface area contributed by atoms with Crippen LogP contribution < -0.4 is 14.2 Å². The van der Waals surface area contributed by atoms with Crippen LogP contribution in [0.15, 0.2) is 132 Å². The van der Waals surface area contributed by atoms with E-state index in [1.54, 1.807) is 49.6 Å². The monoisotopic (exact) mass is 564 g/mol. The average molecular weight is 565 g/mol. The lowest BCUT2D eigenvalue weighted by Crippen LogP contribution is -2.09. The van der Waals surface area contributed by atoms with Gasteiger partial charge in [0.25, 0.3) is 0 Å². The first-order chi connectivity index (χ1) is 21.1. The van der Waals surface area contributed by atoms with Crippen LogP contribution in [-0.2, 0) is 0 Å². The molecule has 0 unspecified atom stereocenters. The normalized spacial score (nSPS) is 13.1. The maximum absolute atomic E-state index is 13.6. The second kappa shape index (κ2) is 10.8. The zero-order valence-corrected chi connectivity index (χ0v) is 23.1. The van der Waals surface area contributed by atoms with E-state index in [9.17, 15) is 9.59 Å². The molecule has 0 bridgehead atoms. The SMILES string of the molecule is COc1ccc2oc(-c3ccccc3)c(C(=O)Oc3ccc4c(c3)O/C(=C\c3ccc(-c5ccccc5)cc3)C4=O)c2c1. The van der Waals surface area contributed by atoms with Gasteiger partial charge in [-0.25, -0.2) is 4.79 Å². The fourth-order valence-electron chi connectivity index (χ4n) is 5.14. The molecule has 1 aliphatic rings. The fraction of sp³-hybridized carbons (Fsp3) is 0.0270. The minimum Gasteiger partial charge on any atom is -0.497 e. The van der Waals surface area contributed by atoms with Crippen LogP contribution in [-0.4, -0.2) is 18.9 Å². The number of esters is 1. The number of benzene rings is 5. The lowest BCUT2D eigenvalue weighted by molar-refractivity contribution is 0.0736. The van der Waals surface area contributed by atoms with Crippen molar-refractivity contribution in [3.63, 3.8) is 0 Å². The minimum atomic E-state index is -0.607. The summed E-state index contributed by atoms with van der Waals surface area (Å²) in [6.45, 7) is 0. The van der Waals surface area contributed by atoms with Gasteiger partial charge in [0.2, 0.25) is 5.78 Å². The molecule has 2 heterocycles. The van der Waals surface area contributed by atoms with Crippen molar-refractivity contribution in [2.45, 2.75) is 0 Å². The van der Waals surface area contributed by atoms with Crippen LogP contribution in [0.4, 0.5) is 0 Å². The number of fused-ring (bicyclic) bond motifs is 2. The summed E-state index contributed by atoms with van der Waals surface area (Å²) in [7, 11) is 1.56. The zero-order valence-electron chi connectivity index (χ0n) is 23.1. The molecule has 6 heteroatoms. The van der Waals surface area contributed by atoms with Gasteiger partial charge in [0.15, 0.2) is 5.76 Å². The van der Waals surface area contributed by atoms with Gasteiger partial charge in [0.1, 0.15) is 34.2 Å². The molecule has 6 nitrogen and oxygen atoms in total. The van der Waals surface area contributed by atoms with Crippen LogP contribution >= 0.6 is 0 Å². The molecule has 6 aromatic rings. The summed E-state index contributed by atoms with van der Waals surface area (Å²) in [6.07, 6.45) is 1.71. The molecule has 0 aliphatic carbocycles. The maximum Gasteiger partial charge on any atom is 0.348 e. The lowest BCUT2D eigenvalue weighted by atomic mass is 10.0. The van der Waals surface area contributed by atoms with Gasteiger partial charge in [0.05, 0.1) is 12.7 Å². The van der Waals surface area contributed by atoms with Crippen LogP contribution in [0, 0.1) is 0 Å². The molecule has 0 atom stereocenters. The first-order valence-electron chi connectivity index (χ1n) is 13.7. The zero-order chi connectivity index (χ0) is 29.3. The van der Waals surface area contributed by atoms with E-state index in [2.05, 4.69) is 0 Å². The molecular formula is C37H24O6. The Morgan fingerprint density at radius 3 is 2.12 bits per heavy atom. The van der Waals surface area contributed by atoms with E-state index in [1.165, 1.54) is 0 Å². The van der Waals surface area contributed by atoms with Crippen LogP contribution in [0.1, 0.15) is 26.3 Å². The smallest absolute Gasteiger partial charge is 0.348 e. The summed E-state index contributed by atoms with van der Waals surface area (Å²) in [6, 6.07) is 37.3. The molecule has 0 radical (unpaired) electrons. The van der Waals surface area contributed by atoms with Crippen molar-refractivity contribution in [3.8, 4) is 39.7 Å². The van der Waals surface area contributed by atoms with E-state index in [0.29, 0.717) is 33.8 Å². The second-order valence-electron chi connectivity index (χ2n) is 10.0. The number of carbonyl (C=O) groups is 2. The van der Waals surface area contributed by atoms with Gasteiger partial charge in [-0.2, -0.15) is 0 Å². The number of ether oxygens (including phenoxy) is 3. The number of allylic oxidation sites excluding steroid dienone is 1. The van der Waals surface area contributed by atoms with Gasteiger partial charge >= 0.3 is 5.97 Å². The van der Waals surface area contributed by atoms with Gasteiger partial charge in [0, 0.05) is 17.0 Å². The molecule has 208 valence electrons. The third-order valence-corrected chi connectivity index (χ3v) is 7.30. The predicted molar refractivity (Wildman–Crippen MR) is 164 cm³/mol. The van der Waals surface area contributed by atoms with Crippen LogP contribution in [0.2, 0.25) is 0 Å². The third-order valence-electron chi connectivity index (χ3n) is 7.30. The number of ketones is 1. The lowest BCUT2D eigenvalue weighted by Gasteiger charge is -2.07. The molecular weight excluding hydrogens is 540 g/mol. The van der Waals surface area contributed by atoms with Crippen molar-refractivity contribution in [2.75, 3.05) is 7.11 Å². The Balaban J connectivity index is 1.16. The molecule has 7 rings (SSSR count). The molecule has 43 heavy (non-hydrogen) atoms. The fourth-order valence-corrected chi connectivity index (χ4v) is 5.14. The molecule has 1 aliphatic heterocycles. The van der Waals surface area contributed by atoms with E-state index < -0.39 is 5.97 Å². The Morgan fingerprint density at radius 2 is 1.40 bits per heavy atom. The van der Waals surface area contributed by atoms with E-state index >= 15 is 0 Å². The highest BCUT2D eigenvalue weighted by Gasteiger charge is 2.29. The van der Waals surface area contributed by atoms with Crippen molar-refractivity contribution in [1.29, 1.82) is 0 Å². The molecule has 0 saturated heterocycles. The maximum atomic E-state index is 13.6. The molecule has 0 spiro atoms. The minimum absolute atomic E-state index is 0.199. The first-order valence-corrected chi connectivity index (χ1v) is 13.7. The highest BCUT2D eigenvalue weighted by atomic mass is 16.5. The van der Waals surface area contributed by atoms with E-state index in [1.807, 2.05) is 84.9 Å². The molecule has 5 aromatic carbocycles. The van der Waals surface area contributed by atoms with Gasteiger partial charge in [-0.1, -0.05) is 84.9 Å². The van der Waals surface area contributed by atoms with Crippen molar-refractivity contribution in [1.82, 2.24) is 0 Å². The standard InChI is InChI=1S/C37H24O6/c1-40-27-17-19-31-30(21-27)34(36(43-31)26-10-6-3-7-11-26)37(39)41-28-16-18-29-32(22-28)42-33(35(29)38)20-23-12-14-25(15-13-23)24-8-4-2-5-9-24/h2-22H,1H3/b33-20-. The number of hydrogen-bond acceptors (Lipinski definition) is 6. The van der Waals surface area contributed by atoms with Gasteiger partial charge in [-0.3, -0.25) is 4.79 Å².